The maximum atomic E-state index is 11.3. The summed E-state index contributed by atoms with van der Waals surface area (Å²) in [6.07, 6.45) is 0. The zero-order valence-electron chi connectivity index (χ0n) is 7.27. The Morgan fingerprint density at radius 1 is 1.43 bits per heavy atom. The Balaban J connectivity index is 2.70. The number of thiol groups is 1. The van der Waals surface area contributed by atoms with Crippen LogP contribution in [0, 0.1) is 0 Å². The first-order chi connectivity index (χ1) is 6.59. The molecule has 0 fully saturated rings. The lowest BCUT2D eigenvalue weighted by Crippen LogP contribution is -2.25. The monoisotopic (exact) mass is 214 g/mol. The van der Waals surface area contributed by atoms with E-state index >= 15 is 0 Å². The minimum Gasteiger partial charge on any atom is -0.399 e. The standard InChI is InChI=1S/C8H10N2O3S/c9-7-3-1-2-6(4-7)8(11)10-5-14(12)13/h1-4,14H,5,9H2,(H,10,11). The van der Waals surface area contributed by atoms with Gasteiger partial charge < -0.3 is 11.1 Å². The van der Waals surface area contributed by atoms with Gasteiger partial charge in [0.05, 0.1) is 0 Å². The highest BCUT2D eigenvalue weighted by Gasteiger charge is 2.04. The maximum absolute atomic E-state index is 11.3. The van der Waals surface area contributed by atoms with Gasteiger partial charge in [0.25, 0.3) is 5.91 Å². The second-order valence-corrected chi connectivity index (χ2v) is 3.60. The molecule has 1 aromatic rings. The molecular formula is C8H10N2O3S. The van der Waals surface area contributed by atoms with Crippen LogP contribution in [-0.2, 0) is 10.7 Å². The molecule has 0 radical (unpaired) electrons. The number of nitrogens with one attached hydrogen (secondary N) is 1. The number of anilines is 1. The van der Waals surface area contributed by atoms with E-state index in [2.05, 4.69) is 5.32 Å². The van der Waals surface area contributed by atoms with Gasteiger partial charge in [0.1, 0.15) is 5.88 Å². The fourth-order valence-corrected chi connectivity index (χ4v) is 1.19. The van der Waals surface area contributed by atoms with E-state index in [4.69, 9.17) is 5.73 Å². The first-order valence-electron chi connectivity index (χ1n) is 3.85. The van der Waals surface area contributed by atoms with Gasteiger partial charge in [-0.2, -0.15) is 0 Å². The van der Waals surface area contributed by atoms with Crippen LogP contribution in [0.1, 0.15) is 10.4 Å². The van der Waals surface area contributed by atoms with E-state index in [0.29, 0.717) is 11.3 Å². The van der Waals surface area contributed by atoms with Gasteiger partial charge in [-0.25, -0.2) is 8.42 Å². The number of benzene rings is 1. The van der Waals surface area contributed by atoms with E-state index in [0.717, 1.165) is 0 Å². The molecule has 0 bridgehead atoms. The SMILES string of the molecule is Nc1cccc(C(=O)NC[SH](=O)=O)c1. The van der Waals surface area contributed by atoms with Crippen LogP contribution in [-0.4, -0.2) is 20.2 Å². The molecule has 0 aliphatic rings. The summed E-state index contributed by atoms with van der Waals surface area (Å²) in [6.45, 7) is 0. The molecule has 0 aliphatic carbocycles. The van der Waals surface area contributed by atoms with Crippen LogP contribution < -0.4 is 11.1 Å². The quantitative estimate of drug-likeness (QED) is 0.470. The molecular weight excluding hydrogens is 204 g/mol. The summed E-state index contributed by atoms with van der Waals surface area (Å²) < 4.78 is 20.4. The van der Waals surface area contributed by atoms with Crippen molar-refractivity contribution in [2.45, 2.75) is 0 Å². The van der Waals surface area contributed by atoms with Crippen LogP contribution in [0.4, 0.5) is 5.69 Å². The summed E-state index contributed by atoms with van der Waals surface area (Å²) in [5.41, 5.74) is 6.26. The molecule has 0 unspecified atom stereocenters. The third-order valence-corrected chi connectivity index (χ3v) is 1.93. The molecule has 6 heteroatoms. The van der Waals surface area contributed by atoms with Gasteiger partial charge in [-0.15, -0.1) is 0 Å². The second kappa shape index (κ2) is 4.61. The van der Waals surface area contributed by atoms with Crippen molar-refractivity contribution < 1.29 is 13.2 Å². The lowest BCUT2D eigenvalue weighted by molar-refractivity contribution is 0.0960. The molecule has 0 aliphatic heterocycles. The van der Waals surface area contributed by atoms with Gasteiger partial charge in [0.2, 0.25) is 0 Å². The van der Waals surface area contributed by atoms with E-state index in [1.54, 1.807) is 18.2 Å². The predicted octanol–water partition coefficient (Wildman–Crippen LogP) is -0.432. The van der Waals surface area contributed by atoms with Crippen molar-refractivity contribution in [3.05, 3.63) is 29.8 Å². The number of nitrogen functional groups attached to an aromatic ring is 1. The molecule has 5 nitrogen and oxygen atoms in total. The largest absolute Gasteiger partial charge is 0.399 e. The molecule has 0 spiro atoms. The van der Waals surface area contributed by atoms with Crippen molar-refractivity contribution >= 4 is 22.3 Å². The van der Waals surface area contributed by atoms with Crippen molar-refractivity contribution in [1.82, 2.24) is 5.32 Å². The second-order valence-electron chi connectivity index (χ2n) is 2.62. The minimum absolute atomic E-state index is 0.349. The topological polar surface area (TPSA) is 89.3 Å². The fourth-order valence-electron chi connectivity index (χ4n) is 0.918. The minimum atomic E-state index is -2.59. The number of carbonyl (C=O) groups excluding carboxylic acids is 1. The van der Waals surface area contributed by atoms with Crippen LogP contribution in [0.15, 0.2) is 24.3 Å². The number of nitrogens with two attached hydrogens (primary N) is 1. The average molecular weight is 214 g/mol. The van der Waals surface area contributed by atoms with E-state index in [9.17, 15) is 13.2 Å². The summed E-state index contributed by atoms with van der Waals surface area (Å²) in [7, 11) is -2.59. The number of hydrogen-bond acceptors (Lipinski definition) is 4. The zero-order chi connectivity index (χ0) is 10.6. The molecule has 14 heavy (non-hydrogen) atoms. The molecule has 1 amide bonds. The van der Waals surface area contributed by atoms with E-state index in [1.165, 1.54) is 6.07 Å². The summed E-state index contributed by atoms with van der Waals surface area (Å²) in [5.74, 6) is -0.806. The van der Waals surface area contributed by atoms with Crippen molar-refractivity contribution in [1.29, 1.82) is 0 Å². The number of carbonyl (C=O) groups is 1. The fraction of sp³-hybridized carbons (Fsp3) is 0.125. The smallest absolute Gasteiger partial charge is 0.252 e. The summed E-state index contributed by atoms with van der Waals surface area (Å²) in [5, 5.41) is 2.23. The van der Waals surface area contributed by atoms with E-state index in [1.807, 2.05) is 0 Å². The Labute approximate surface area is 82.9 Å². The lowest BCUT2D eigenvalue weighted by Gasteiger charge is -2.01. The van der Waals surface area contributed by atoms with Crippen LogP contribution in [0.2, 0.25) is 0 Å². The molecule has 1 aromatic carbocycles. The van der Waals surface area contributed by atoms with Gasteiger partial charge in [-0.1, -0.05) is 6.07 Å². The third-order valence-electron chi connectivity index (χ3n) is 1.52. The summed E-state index contributed by atoms with van der Waals surface area (Å²) in [4.78, 5) is 11.3. The Kier molecular flexibility index (Phi) is 3.47. The van der Waals surface area contributed by atoms with Crippen LogP contribution in [0.25, 0.3) is 0 Å². The van der Waals surface area contributed by atoms with Crippen molar-refractivity contribution in [2.24, 2.45) is 0 Å². The van der Waals surface area contributed by atoms with Crippen LogP contribution in [0.3, 0.4) is 0 Å². The first-order valence-corrected chi connectivity index (χ1v) is 5.21. The van der Waals surface area contributed by atoms with Gasteiger partial charge in [-0.3, -0.25) is 4.79 Å². The van der Waals surface area contributed by atoms with Crippen LogP contribution in [0.5, 0.6) is 0 Å². The van der Waals surface area contributed by atoms with Gasteiger partial charge in [0, 0.05) is 11.3 Å². The molecule has 0 saturated carbocycles. The molecule has 0 atom stereocenters. The highest BCUT2D eigenvalue weighted by Crippen LogP contribution is 2.05. The van der Waals surface area contributed by atoms with Gasteiger partial charge >= 0.3 is 0 Å². The third kappa shape index (κ3) is 3.06. The Hall–Kier alpha value is -1.56. The number of rotatable bonds is 3. The summed E-state index contributed by atoms with van der Waals surface area (Å²) in [6, 6.07) is 6.31. The molecule has 0 heterocycles. The first kappa shape index (κ1) is 10.5. The molecule has 1 rings (SSSR count). The highest BCUT2D eigenvalue weighted by molar-refractivity contribution is 7.72. The van der Waals surface area contributed by atoms with Crippen molar-refractivity contribution in [3.63, 3.8) is 0 Å². The van der Waals surface area contributed by atoms with Crippen molar-refractivity contribution in [2.75, 3.05) is 11.6 Å². The van der Waals surface area contributed by atoms with Crippen LogP contribution >= 0.6 is 0 Å². The Morgan fingerprint density at radius 3 is 2.71 bits per heavy atom. The van der Waals surface area contributed by atoms with Gasteiger partial charge in [-0.05, 0) is 18.2 Å². The molecule has 3 N–H and O–H groups in total. The summed E-state index contributed by atoms with van der Waals surface area (Å²) >= 11 is 0. The Morgan fingerprint density at radius 2 is 2.14 bits per heavy atom. The zero-order valence-corrected chi connectivity index (χ0v) is 8.16. The number of amides is 1. The Bertz CT molecular complexity index is 407. The highest BCUT2D eigenvalue weighted by atomic mass is 32.2. The number of hydrogen-bond donors (Lipinski definition) is 3. The van der Waals surface area contributed by atoms with Gasteiger partial charge in [0.15, 0.2) is 10.7 Å². The predicted molar refractivity (Wildman–Crippen MR) is 53.5 cm³/mol. The van der Waals surface area contributed by atoms with Crippen molar-refractivity contribution in [3.8, 4) is 0 Å². The normalized spacial score (nSPS) is 10.1. The lowest BCUT2D eigenvalue weighted by atomic mass is 10.2. The molecule has 0 aromatic heterocycles. The maximum Gasteiger partial charge on any atom is 0.252 e. The van der Waals surface area contributed by atoms with E-state index in [-0.39, 0.29) is 5.88 Å². The molecule has 76 valence electrons. The molecule has 0 saturated heterocycles. The average Bonchev–Trinajstić information content (AvgIpc) is 2.14. The van der Waals surface area contributed by atoms with E-state index < -0.39 is 16.6 Å².